The highest BCUT2D eigenvalue weighted by molar-refractivity contribution is 8.00. The number of rotatable bonds is 5. The van der Waals surface area contributed by atoms with Crippen LogP contribution in [-0.2, 0) is 11.3 Å². The van der Waals surface area contributed by atoms with Gasteiger partial charge < -0.3 is 15.5 Å². The van der Waals surface area contributed by atoms with Crippen molar-refractivity contribution in [2.24, 2.45) is 0 Å². The predicted molar refractivity (Wildman–Crippen MR) is 78.5 cm³/mol. The monoisotopic (exact) mass is 306 g/mol. The van der Waals surface area contributed by atoms with Gasteiger partial charge in [0.2, 0.25) is 5.91 Å². The molecule has 2 aromatic heterocycles. The van der Waals surface area contributed by atoms with E-state index in [0.29, 0.717) is 11.4 Å². The van der Waals surface area contributed by atoms with Crippen LogP contribution in [0, 0.1) is 0 Å². The molecule has 0 bridgehead atoms. The number of nitrogens with two attached hydrogens (primary N) is 1. The highest BCUT2D eigenvalue weighted by atomic mass is 32.2. The smallest absolute Gasteiger partial charge is 0.321 e. The Hall–Kier alpha value is -2.48. The van der Waals surface area contributed by atoms with Crippen LogP contribution < -0.4 is 16.4 Å². The summed E-state index contributed by atoms with van der Waals surface area (Å²) in [6.07, 6.45) is 4.61. The van der Waals surface area contributed by atoms with Gasteiger partial charge in [-0.1, -0.05) is 0 Å². The Morgan fingerprint density at radius 2 is 2.24 bits per heavy atom. The second-order valence-corrected chi connectivity index (χ2v) is 5.03. The number of urea groups is 1. The van der Waals surface area contributed by atoms with E-state index in [-0.39, 0.29) is 12.3 Å². The van der Waals surface area contributed by atoms with Crippen molar-refractivity contribution in [1.82, 2.24) is 15.6 Å². The Balaban J connectivity index is 1.71. The molecule has 0 radical (unpaired) electrons. The molecule has 2 rings (SSSR count). The number of pyridine rings is 1. The van der Waals surface area contributed by atoms with Gasteiger partial charge in [-0.15, -0.1) is 11.8 Å². The molecule has 4 N–H and O–H groups in total. The molecule has 3 amide bonds. The fraction of sp³-hybridized carbons (Fsp3) is 0.154. The third-order valence-corrected chi connectivity index (χ3v) is 3.51. The first-order valence-corrected chi connectivity index (χ1v) is 7.06. The molecule has 0 saturated carbocycles. The lowest BCUT2D eigenvalue weighted by atomic mass is 10.4. The van der Waals surface area contributed by atoms with E-state index in [9.17, 15) is 9.59 Å². The number of hydrogen-bond donors (Lipinski definition) is 3. The first kappa shape index (κ1) is 14.9. The van der Waals surface area contributed by atoms with E-state index in [1.54, 1.807) is 24.4 Å². The van der Waals surface area contributed by atoms with E-state index in [4.69, 9.17) is 10.2 Å². The van der Waals surface area contributed by atoms with Gasteiger partial charge >= 0.3 is 6.03 Å². The number of nitrogens with zero attached hydrogens (tertiary/aromatic N) is 1. The molecule has 0 aliphatic carbocycles. The van der Waals surface area contributed by atoms with Crippen LogP contribution in [0.15, 0.2) is 46.2 Å². The largest absolute Gasteiger partial charge is 0.467 e. The normalized spacial score (nSPS) is 10.1. The summed E-state index contributed by atoms with van der Waals surface area (Å²) in [6.45, 7) is 0.219. The summed E-state index contributed by atoms with van der Waals surface area (Å²) in [4.78, 5) is 27.7. The van der Waals surface area contributed by atoms with Gasteiger partial charge in [0.05, 0.1) is 30.4 Å². The average Bonchev–Trinajstić information content (AvgIpc) is 2.97. The van der Waals surface area contributed by atoms with Gasteiger partial charge in [-0.25, -0.2) is 4.79 Å². The number of hydrogen-bond acceptors (Lipinski definition) is 6. The molecule has 0 atom stereocenters. The van der Waals surface area contributed by atoms with E-state index in [2.05, 4.69) is 15.6 Å². The quantitative estimate of drug-likeness (QED) is 0.720. The van der Waals surface area contributed by atoms with E-state index in [1.807, 2.05) is 0 Å². The van der Waals surface area contributed by atoms with Crippen LogP contribution in [-0.4, -0.2) is 22.7 Å². The Kier molecular flexibility index (Phi) is 5.22. The zero-order chi connectivity index (χ0) is 15.1. The third kappa shape index (κ3) is 4.84. The predicted octanol–water partition coefficient (Wildman–Crippen LogP) is 1.37. The summed E-state index contributed by atoms with van der Waals surface area (Å²) < 4.78 is 5.06. The molecular weight excluding hydrogens is 292 g/mol. The maximum Gasteiger partial charge on any atom is 0.321 e. The number of carbonyl (C=O) groups excluding carboxylic acids is 2. The lowest BCUT2D eigenvalue weighted by Crippen LogP contribution is -2.39. The first-order valence-electron chi connectivity index (χ1n) is 6.07. The Bertz CT molecular complexity index is 616. The number of carbonyl (C=O) groups is 2. The number of amides is 3. The van der Waals surface area contributed by atoms with Crippen molar-refractivity contribution >= 4 is 29.4 Å². The Labute approximate surface area is 125 Å². The van der Waals surface area contributed by atoms with Crippen LogP contribution in [0.4, 0.5) is 10.5 Å². The maximum atomic E-state index is 11.6. The van der Waals surface area contributed by atoms with E-state index in [0.717, 1.165) is 4.90 Å². The average molecular weight is 306 g/mol. The summed E-state index contributed by atoms with van der Waals surface area (Å²) in [7, 11) is 0. The molecule has 2 heterocycles. The van der Waals surface area contributed by atoms with Gasteiger partial charge in [0, 0.05) is 11.1 Å². The zero-order valence-electron chi connectivity index (χ0n) is 11.0. The number of thioether (sulfide) groups is 1. The topological polar surface area (TPSA) is 110 Å². The molecule has 0 fully saturated rings. The molecular formula is C13H14N4O3S. The number of anilines is 1. The van der Waals surface area contributed by atoms with Crippen LogP contribution in [0.2, 0.25) is 0 Å². The highest BCUT2D eigenvalue weighted by Gasteiger charge is 2.09. The molecule has 2 aromatic rings. The molecule has 0 aromatic carbocycles. The van der Waals surface area contributed by atoms with Crippen LogP contribution in [0.3, 0.4) is 0 Å². The van der Waals surface area contributed by atoms with Gasteiger partial charge in [0.15, 0.2) is 0 Å². The summed E-state index contributed by atoms with van der Waals surface area (Å²) >= 11 is 1.24. The molecule has 7 nitrogen and oxygen atoms in total. The third-order valence-electron chi connectivity index (χ3n) is 2.43. The molecule has 0 aliphatic rings. The maximum absolute atomic E-state index is 11.6. The molecule has 0 saturated heterocycles. The minimum atomic E-state index is -0.570. The number of imide groups is 1. The first-order chi connectivity index (χ1) is 10.1. The van der Waals surface area contributed by atoms with E-state index >= 15 is 0 Å². The van der Waals surface area contributed by atoms with Crippen LogP contribution >= 0.6 is 11.8 Å². The highest BCUT2D eigenvalue weighted by Crippen LogP contribution is 2.22. The minimum Gasteiger partial charge on any atom is -0.467 e. The fourth-order valence-electron chi connectivity index (χ4n) is 1.46. The summed E-state index contributed by atoms with van der Waals surface area (Å²) in [5.74, 6) is 0.284. The molecule has 0 unspecified atom stereocenters. The van der Waals surface area contributed by atoms with Crippen molar-refractivity contribution in [3.8, 4) is 0 Å². The van der Waals surface area contributed by atoms with Gasteiger partial charge in [-0.05, 0) is 18.2 Å². The summed E-state index contributed by atoms with van der Waals surface area (Å²) in [5.41, 5.74) is 6.20. The van der Waals surface area contributed by atoms with Crippen molar-refractivity contribution in [3.63, 3.8) is 0 Å². The number of aromatic nitrogens is 1. The van der Waals surface area contributed by atoms with Crippen molar-refractivity contribution in [2.45, 2.75) is 11.4 Å². The van der Waals surface area contributed by atoms with Crippen LogP contribution in [0.1, 0.15) is 5.76 Å². The molecule has 0 spiro atoms. The lowest BCUT2D eigenvalue weighted by Gasteiger charge is -2.06. The lowest BCUT2D eigenvalue weighted by molar-refractivity contribution is -0.117. The number of nitrogens with one attached hydrogen (secondary N) is 2. The van der Waals surface area contributed by atoms with Crippen LogP contribution in [0.25, 0.3) is 0 Å². The fourth-order valence-corrected chi connectivity index (χ4v) is 2.19. The summed E-state index contributed by atoms with van der Waals surface area (Å²) in [6, 6.07) is 4.59. The Morgan fingerprint density at radius 1 is 1.38 bits per heavy atom. The van der Waals surface area contributed by atoms with Crippen molar-refractivity contribution in [2.75, 3.05) is 11.5 Å². The summed E-state index contributed by atoms with van der Waals surface area (Å²) in [5, 5.41) is 4.74. The molecule has 21 heavy (non-hydrogen) atoms. The molecule has 110 valence electrons. The van der Waals surface area contributed by atoms with E-state index < -0.39 is 11.9 Å². The number of furan rings is 1. The standard InChI is InChI=1S/C13H14N4O3S/c14-10-7-15-4-3-11(10)21-8-12(18)17-13(19)16-6-9-2-1-5-20-9/h1-5,7H,6,8,14H2,(H2,16,17,18,19). The number of nitrogen functional groups attached to an aromatic ring is 1. The minimum absolute atomic E-state index is 0.0857. The second kappa shape index (κ2) is 7.34. The van der Waals surface area contributed by atoms with Crippen molar-refractivity contribution in [1.29, 1.82) is 0 Å². The van der Waals surface area contributed by atoms with Crippen LogP contribution in [0.5, 0.6) is 0 Å². The van der Waals surface area contributed by atoms with Gasteiger partial charge in [0.25, 0.3) is 0 Å². The zero-order valence-corrected chi connectivity index (χ0v) is 11.9. The van der Waals surface area contributed by atoms with Gasteiger partial charge in [0.1, 0.15) is 5.76 Å². The van der Waals surface area contributed by atoms with Crippen molar-refractivity contribution < 1.29 is 14.0 Å². The SMILES string of the molecule is Nc1cnccc1SCC(=O)NC(=O)NCc1ccco1. The van der Waals surface area contributed by atoms with Gasteiger partial charge in [-0.3, -0.25) is 15.1 Å². The van der Waals surface area contributed by atoms with Crippen molar-refractivity contribution in [3.05, 3.63) is 42.6 Å². The Morgan fingerprint density at radius 3 is 2.95 bits per heavy atom. The second-order valence-electron chi connectivity index (χ2n) is 4.01. The van der Waals surface area contributed by atoms with E-state index in [1.165, 1.54) is 24.2 Å². The molecule has 0 aliphatic heterocycles. The molecule has 8 heteroatoms. The van der Waals surface area contributed by atoms with Gasteiger partial charge in [-0.2, -0.15) is 0 Å².